The predicted octanol–water partition coefficient (Wildman–Crippen LogP) is 5.08. The molecule has 0 saturated carbocycles. The van der Waals surface area contributed by atoms with Gasteiger partial charge in [-0.3, -0.25) is 0 Å². The molecule has 0 bridgehead atoms. The second-order valence-corrected chi connectivity index (χ2v) is 5.56. The first-order chi connectivity index (χ1) is 9.24. The van der Waals surface area contributed by atoms with Crippen molar-refractivity contribution in [1.82, 2.24) is 0 Å². The van der Waals surface area contributed by atoms with E-state index >= 15 is 0 Å². The summed E-state index contributed by atoms with van der Waals surface area (Å²) in [6.45, 7) is 3.01. The molecule has 0 saturated heterocycles. The van der Waals surface area contributed by atoms with Crippen LogP contribution < -0.4 is 10.5 Å². The van der Waals surface area contributed by atoms with Crippen LogP contribution in [0.2, 0.25) is 0 Å². The first-order valence-electron chi connectivity index (χ1n) is 7.45. The highest BCUT2D eigenvalue weighted by atomic mass is 32.1. The van der Waals surface area contributed by atoms with Crippen LogP contribution in [0.4, 0.5) is 5.69 Å². The van der Waals surface area contributed by atoms with Gasteiger partial charge in [-0.05, 0) is 24.6 Å². The maximum atomic E-state index is 5.86. The van der Waals surface area contributed by atoms with Crippen molar-refractivity contribution < 1.29 is 4.74 Å². The third-order valence-corrected chi connectivity index (χ3v) is 3.53. The Hall–Kier alpha value is -0.830. The van der Waals surface area contributed by atoms with Crippen molar-refractivity contribution in [2.75, 3.05) is 12.3 Å². The first-order valence-corrected chi connectivity index (χ1v) is 7.90. The van der Waals surface area contributed by atoms with Crippen LogP contribution >= 0.6 is 12.6 Å². The molecule has 2 nitrogen and oxygen atoms in total. The Morgan fingerprint density at radius 1 is 1.00 bits per heavy atom. The van der Waals surface area contributed by atoms with Gasteiger partial charge in [0.1, 0.15) is 5.75 Å². The molecule has 0 aliphatic heterocycles. The molecule has 0 spiro atoms. The highest BCUT2D eigenvalue weighted by Crippen LogP contribution is 2.24. The second kappa shape index (κ2) is 10.0. The SMILES string of the molecule is CCCCCCCCCCOc1ccc(S)cc1N. The molecule has 0 atom stereocenters. The van der Waals surface area contributed by atoms with Gasteiger partial charge in [0.25, 0.3) is 0 Å². The average Bonchev–Trinajstić information content (AvgIpc) is 2.39. The van der Waals surface area contributed by atoms with Crippen LogP contribution in [0, 0.1) is 0 Å². The fourth-order valence-corrected chi connectivity index (χ4v) is 2.30. The summed E-state index contributed by atoms with van der Waals surface area (Å²) in [5, 5.41) is 0. The van der Waals surface area contributed by atoms with E-state index in [1.54, 1.807) is 0 Å². The van der Waals surface area contributed by atoms with Crippen molar-refractivity contribution in [3.05, 3.63) is 18.2 Å². The van der Waals surface area contributed by atoms with E-state index in [0.717, 1.165) is 23.7 Å². The maximum Gasteiger partial charge on any atom is 0.142 e. The number of anilines is 1. The van der Waals surface area contributed by atoms with Gasteiger partial charge in [-0.2, -0.15) is 0 Å². The molecule has 0 amide bonds. The van der Waals surface area contributed by atoms with Crippen molar-refractivity contribution in [2.45, 2.75) is 63.2 Å². The average molecular weight is 281 g/mol. The molecule has 0 unspecified atom stereocenters. The molecule has 3 heteroatoms. The summed E-state index contributed by atoms with van der Waals surface area (Å²) in [4.78, 5) is 0.872. The lowest BCUT2D eigenvalue weighted by Crippen LogP contribution is -2.00. The fraction of sp³-hybridized carbons (Fsp3) is 0.625. The molecule has 0 aromatic heterocycles. The Labute approximate surface area is 123 Å². The lowest BCUT2D eigenvalue weighted by molar-refractivity contribution is 0.305. The molecular formula is C16H27NOS. The number of ether oxygens (including phenoxy) is 1. The summed E-state index contributed by atoms with van der Waals surface area (Å²) in [6.07, 6.45) is 10.5. The van der Waals surface area contributed by atoms with Gasteiger partial charge in [-0.25, -0.2) is 0 Å². The predicted molar refractivity (Wildman–Crippen MR) is 86.2 cm³/mol. The summed E-state index contributed by atoms with van der Waals surface area (Å²) in [5.74, 6) is 0.778. The zero-order valence-corrected chi connectivity index (χ0v) is 12.9. The Morgan fingerprint density at radius 2 is 1.63 bits per heavy atom. The molecular weight excluding hydrogens is 254 g/mol. The molecule has 0 heterocycles. The first kappa shape index (κ1) is 16.2. The zero-order chi connectivity index (χ0) is 13.9. The van der Waals surface area contributed by atoms with Gasteiger partial charge in [0, 0.05) is 4.90 Å². The number of benzene rings is 1. The van der Waals surface area contributed by atoms with Crippen LogP contribution in [-0.2, 0) is 0 Å². The third kappa shape index (κ3) is 7.36. The summed E-state index contributed by atoms with van der Waals surface area (Å²) in [5.41, 5.74) is 6.53. The van der Waals surface area contributed by atoms with Crippen molar-refractivity contribution in [1.29, 1.82) is 0 Å². The molecule has 1 aromatic rings. The number of hydrogen-bond acceptors (Lipinski definition) is 3. The van der Waals surface area contributed by atoms with Crippen molar-refractivity contribution in [3.8, 4) is 5.75 Å². The van der Waals surface area contributed by atoms with Gasteiger partial charge in [-0.1, -0.05) is 51.9 Å². The van der Waals surface area contributed by atoms with Crippen LogP contribution in [0.15, 0.2) is 23.1 Å². The number of nitrogens with two attached hydrogens (primary N) is 1. The molecule has 19 heavy (non-hydrogen) atoms. The molecule has 0 radical (unpaired) electrons. The van der Waals surface area contributed by atoms with Gasteiger partial charge in [0.15, 0.2) is 0 Å². The van der Waals surface area contributed by atoms with E-state index in [2.05, 4.69) is 19.6 Å². The van der Waals surface area contributed by atoms with Gasteiger partial charge in [-0.15, -0.1) is 12.6 Å². The minimum atomic E-state index is 0.673. The van der Waals surface area contributed by atoms with Gasteiger partial charge in [0.2, 0.25) is 0 Å². The number of hydrogen-bond donors (Lipinski definition) is 2. The van der Waals surface area contributed by atoms with Crippen LogP contribution in [0.25, 0.3) is 0 Å². The molecule has 0 aliphatic rings. The van der Waals surface area contributed by atoms with E-state index < -0.39 is 0 Å². The smallest absolute Gasteiger partial charge is 0.142 e. The lowest BCUT2D eigenvalue weighted by atomic mass is 10.1. The molecule has 2 N–H and O–H groups in total. The Morgan fingerprint density at radius 3 is 2.26 bits per heavy atom. The highest BCUT2D eigenvalue weighted by molar-refractivity contribution is 7.80. The fourth-order valence-electron chi connectivity index (χ4n) is 2.09. The summed E-state index contributed by atoms with van der Waals surface area (Å²) < 4.78 is 5.68. The van der Waals surface area contributed by atoms with Gasteiger partial charge >= 0.3 is 0 Å². The van der Waals surface area contributed by atoms with Crippen LogP contribution in [-0.4, -0.2) is 6.61 Å². The van der Waals surface area contributed by atoms with E-state index in [1.807, 2.05) is 18.2 Å². The van der Waals surface area contributed by atoms with Gasteiger partial charge in [0.05, 0.1) is 12.3 Å². The maximum absolute atomic E-state index is 5.86. The van der Waals surface area contributed by atoms with Crippen molar-refractivity contribution in [3.63, 3.8) is 0 Å². The summed E-state index contributed by atoms with van der Waals surface area (Å²) in [6, 6.07) is 5.62. The van der Waals surface area contributed by atoms with Crippen molar-refractivity contribution in [2.24, 2.45) is 0 Å². The minimum Gasteiger partial charge on any atom is -0.491 e. The largest absolute Gasteiger partial charge is 0.491 e. The molecule has 0 fully saturated rings. The number of rotatable bonds is 10. The van der Waals surface area contributed by atoms with E-state index in [4.69, 9.17) is 10.5 Å². The Balaban J connectivity index is 2.01. The topological polar surface area (TPSA) is 35.2 Å². The molecule has 1 aromatic carbocycles. The Kier molecular flexibility index (Phi) is 8.55. The van der Waals surface area contributed by atoms with E-state index in [9.17, 15) is 0 Å². The number of thiol groups is 1. The van der Waals surface area contributed by atoms with Crippen LogP contribution in [0.5, 0.6) is 5.75 Å². The van der Waals surface area contributed by atoms with Gasteiger partial charge < -0.3 is 10.5 Å². The van der Waals surface area contributed by atoms with Crippen molar-refractivity contribution >= 4 is 18.3 Å². The van der Waals surface area contributed by atoms with E-state index in [0.29, 0.717) is 5.69 Å². The highest BCUT2D eigenvalue weighted by Gasteiger charge is 2.00. The standard InChI is InChI=1S/C16H27NOS/c1-2-3-4-5-6-7-8-9-12-18-16-11-10-14(19)13-15(16)17/h10-11,13,19H,2-9,12,17H2,1H3. The quantitative estimate of drug-likeness (QED) is 0.356. The zero-order valence-electron chi connectivity index (χ0n) is 12.0. The number of unbranched alkanes of at least 4 members (excludes halogenated alkanes) is 7. The molecule has 1 rings (SSSR count). The molecule has 0 aliphatic carbocycles. The van der Waals surface area contributed by atoms with Crippen LogP contribution in [0.1, 0.15) is 58.3 Å². The van der Waals surface area contributed by atoms with E-state index in [1.165, 1.54) is 44.9 Å². The van der Waals surface area contributed by atoms with E-state index in [-0.39, 0.29) is 0 Å². The second-order valence-electron chi connectivity index (χ2n) is 5.05. The summed E-state index contributed by atoms with van der Waals surface area (Å²) in [7, 11) is 0. The number of nitrogen functional groups attached to an aromatic ring is 1. The molecule has 108 valence electrons. The monoisotopic (exact) mass is 281 g/mol. The third-order valence-electron chi connectivity index (χ3n) is 3.25. The van der Waals surface area contributed by atoms with Crippen LogP contribution in [0.3, 0.4) is 0 Å². The minimum absolute atomic E-state index is 0.673. The normalized spacial score (nSPS) is 10.6. The summed E-state index contributed by atoms with van der Waals surface area (Å²) >= 11 is 4.24. The lowest BCUT2D eigenvalue weighted by Gasteiger charge is -2.09. The Bertz CT molecular complexity index is 355.